The molecule has 0 saturated carbocycles. The number of rotatable bonds is 3. The Morgan fingerprint density at radius 1 is 1.16 bits per heavy atom. The lowest BCUT2D eigenvalue weighted by Gasteiger charge is -2.07. The molecule has 1 nitrogen and oxygen atoms in total. The summed E-state index contributed by atoms with van der Waals surface area (Å²) in [6.07, 6.45) is -0.136. The second-order valence-corrected chi connectivity index (χ2v) is 5.33. The van der Waals surface area contributed by atoms with E-state index >= 15 is 0 Å². The minimum atomic E-state index is -0.946. The first-order valence-corrected chi connectivity index (χ1v) is 6.79. The molecule has 0 atom stereocenters. The first kappa shape index (κ1) is 14.1. The number of Topliss-reactive ketones (excluding diaryl/α,β-unsaturated/α-hetero) is 1. The van der Waals surface area contributed by atoms with Crippen molar-refractivity contribution in [2.24, 2.45) is 0 Å². The van der Waals surface area contributed by atoms with Gasteiger partial charge in [0.2, 0.25) is 0 Å². The number of halogens is 3. The van der Waals surface area contributed by atoms with Crippen LogP contribution in [0.15, 0.2) is 36.4 Å². The highest BCUT2D eigenvalue weighted by Gasteiger charge is 2.15. The van der Waals surface area contributed by atoms with Crippen molar-refractivity contribution in [3.05, 3.63) is 68.3 Å². The highest BCUT2D eigenvalue weighted by molar-refractivity contribution is 14.1. The highest BCUT2D eigenvalue weighted by atomic mass is 127. The van der Waals surface area contributed by atoms with Gasteiger partial charge in [-0.2, -0.15) is 0 Å². The molecule has 0 aliphatic rings. The molecule has 0 spiro atoms. The number of carbonyl (C=O) groups excluding carboxylic acids is 1. The number of hydrogen-bond donors (Lipinski definition) is 0. The van der Waals surface area contributed by atoms with Gasteiger partial charge >= 0.3 is 0 Å². The van der Waals surface area contributed by atoms with Crippen molar-refractivity contribution in [1.29, 1.82) is 0 Å². The third-order valence-electron chi connectivity index (χ3n) is 2.87. The molecule has 0 fully saturated rings. The lowest BCUT2D eigenvalue weighted by Crippen LogP contribution is -2.08. The topological polar surface area (TPSA) is 17.1 Å². The SMILES string of the molecule is Cc1cccc(C(=O)Cc2cccc(F)c2F)c1I. The van der Waals surface area contributed by atoms with Gasteiger partial charge in [0, 0.05) is 15.6 Å². The van der Waals surface area contributed by atoms with Crippen LogP contribution in [0.1, 0.15) is 21.5 Å². The Bertz CT molecular complexity index is 638. The fraction of sp³-hybridized carbons (Fsp3) is 0.133. The maximum absolute atomic E-state index is 13.5. The summed E-state index contributed by atoms with van der Waals surface area (Å²) in [7, 11) is 0. The summed E-state index contributed by atoms with van der Waals surface area (Å²) >= 11 is 2.09. The van der Waals surface area contributed by atoms with Gasteiger partial charge in [-0.1, -0.05) is 30.3 Å². The molecule has 2 aromatic carbocycles. The third kappa shape index (κ3) is 3.00. The van der Waals surface area contributed by atoms with Crippen LogP contribution in [-0.2, 0) is 6.42 Å². The number of benzene rings is 2. The van der Waals surface area contributed by atoms with Gasteiger partial charge in [0.15, 0.2) is 17.4 Å². The van der Waals surface area contributed by atoms with Crippen LogP contribution < -0.4 is 0 Å². The summed E-state index contributed by atoms with van der Waals surface area (Å²) in [5.41, 5.74) is 1.62. The van der Waals surface area contributed by atoms with Crippen molar-refractivity contribution in [1.82, 2.24) is 0 Å². The lowest BCUT2D eigenvalue weighted by molar-refractivity contribution is 0.0990. The van der Waals surface area contributed by atoms with Gasteiger partial charge in [-0.3, -0.25) is 4.79 Å². The van der Waals surface area contributed by atoms with E-state index in [-0.39, 0.29) is 17.8 Å². The van der Waals surface area contributed by atoms with Crippen LogP contribution in [0.5, 0.6) is 0 Å². The quantitative estimate of drug-likeness (QED) is 0.580. The van der Waals surface area contributed by atoms with E-state index in [0.29, 0.717) is 5.56 Å². The average molecular weight is 372 g/mol. The second kappa shape index (κ2) is 5.77. The molecule has 2 aromatic rings. The normalized spacial score (nSPS) is 10.5. The van der Waals surface area contributed by atoms with Crippen LogP contribution in [0.3, 0.4) is 0 Å². The Hall–Kier alpha value is -1.30. The van der Waals surface area contributed by atoms with Gasteiger partial charge < -0.3 is 0 Å². The minimum Gasteiger partial charge on any atom is -0.294 e. The monoisotopic (exact) mass is 372 g/mol. The van der Waals surface area contributed by atoms with E-state index in [9.17, 15) is 13.6 Å². The summed E-state index contributed by atoms with van der Waals surface area (Å²) in [5, 5.41) is 0. The molecule has 2 rings (SSSR count). The van der Waals surface area contributed by atoms with Gasteiger partial charge in [0.05, 0.1) is 0 Å². The molecule has 4 heteroatoms. The largest absolute Gasteiger partial charge is 0.294 e. The van der Waals surface area contributed by atoms with E-state index in [0.717, 1.165) is 15.2 Å². The predicted molar refractivity (Wildman–Crippen MR) is 78.3 cm³/mol. The molecule has 98 valence electrons. The Labute approximate surface area is 123 Å². The molecule has 0 aliphatic heterocycles. The smallest absolute Gasteiger partial charge is 0.168 e. The van der Waals surface area contributed by atoms with Crippen LogP contribution in [0.25, 0.3) is 0 Å². The van der Waals surface area contributed by atoms with Crippen molar-refractivity contribution in [3.63, 3.8) is 0 Å². The van der Waals surface area contributed by atoms with Crippen LogP contribution in [0, 0.1) is 22.1 Å². The second-order valence-electron chi connectivity index (χ2n) is 4.25. The zero-order valence-electron chi connectivity index (χ0n) is 10.2. The summed E-state index contributed by atoms with van der Waals surface area (Å²) in [6.45, 7) is 1.90. The summed E-state index contributed by atoms with van der Waals surface area (Å²) in [6, 6.07) is 9.27. The molecule has 0 amide bonds. The molecular weight excluding hydrogens is 361 g/mol. The van der Waals surface area contributed by atoms with Gasteiger partial charge in [0.25, 0.3) is 0 Å². The van der Waals surface area contributed by atoms with E-state index in [1.807, 2.05) is 13.0 Å². The molecule has 0 radical (unpaired) electrons. The predicted octanol–water partition coefficient (Wildman–Crippen LogP) is 4.30. The van der Waals surface area contributed by atoms with E-state index in [1.54, 1.807) is 12.1 Å². The van der Waals surface area contributed by atoms with Crippen molar-refractivity contribution in [2.75, 3.05) is 0 Å². The van der Waals surface area contributed by atoms with Crippen LogP contribution in [-0.4, -0.2) is 5.78 Å². The van der Waals surface area contributed by atoms with E-state index in [4.69, 9.17) is 0 Å². The molecule has 0 aliphatic carbocycles. The standard InChI is InChI=1S/C15H11F2IO/c1-9-4-2-6-11(15(9)18)13(19)8-10-5-3-7-12(16)14(10)17/h2-7H,8H2,1H3. The number of carbonyl (C=O) groups is 1. The summed E-state index contributed by atoms with van der Waals surface area (Å²) < 4.78 is 27.5. The number of ketones is 1. The highest BCUT2D eigenvalue weighted by Crippen LogP contribution is 2.20. The van der Waals surface area contributed by atoms with E-state index in [1.165, 1.54) is 12.1 Å². The minimum absolute atomic E-state index is 0.0855. The molecule has 0 heterocycles. The zero-order chi connectivity index (χ0) is 14.0. The molecule has 0 saturated heterocycles. The van der Waals surface area contributed by atoms with Crippen molar-refractivity contribution < 1.29 is 13.6 Å². The number of aryl methyl sites for hydroxylation is 1. The number of hydrogen-bond acceptors (Lipinski definition) is 1. The Kier molecular flexibility index (Phi) is 4.29. The van der Waals surface area contributed by atoms with Crippen molar-refractivity contribution in [3.8, 4) is 0 Å². The lowest BCUT2D eigenvalue weighted by atomic mass is 10.0. The van der Waals surface area contributed by atoms with Gasteiger partial charge in [-0.05, 0) is 46.7 Å². The fourth-order valence-corrected chi connectivity index (χ4v) is 2.48. The van der Waals surface area contributed by atoms with E-state index in [2.05, 4.69) is 22.6 Å². The van der Waals surface area contributed by atoms with Crippen molar-refractivity contribution >= 4 is 28.4 Å². The molecule has 0 unspecified atom stereocenters. The Morgan fingerprint density at radius 2 is 1.84 bits per heavy atom. The van der Waals surface area contributed by atoms with E-state index < -0.39 is 11.6 Å². The Morgan fingerprint density at radius 3 is 2.58 bits per heavy atom. The molecule has 0 N–H and O–H groups in total. The van der Waals surface area contributed by atoms with Gasteiger partial charge in [-0.15, -0.1) is 0 Å². The summed E-state index contributed by atoms with van der Waals surface area (Å²) in [5.74, 6) is -2.08. The first-order valence-electron chi connectivity index (χ1n) is 5.72. The van der Waals surface area contributed by atoms with Crippen LogP contribution in [0.4, 0.5) is 8.78 Å². The average Bonchev–Trinajstić information content (AvgIpc) is 2.38. The van der Waals surface area contributed by atoms with Crippen molar-refractivity contribution in [2.45, 2.75) is 13.3 Å². The van der Waals surface area contributed by atoms with Gasteiger partial charge in [0.1, 0.15) is 0 Å². The molecule has 19 heavy (non-hydrogen) atoms. The molecule has 0 bridgehead atoms. The Balaban J connectivity index is 2.31. The van der Waals surface area contributed by atoms with Crippen LogP contribution in [0.2, 0.25) is 0 Å². The third-order valence-corrected chi connectivity index (χ3v) is 4.31. The fourth-order valence-electron chi connectivity index (χ4n) is 1.82. The molecular formula is C15H11F2IO. The maximum atomic E-state index is 13.5. The maximum Gasteiger partial charge on any atom is 0.168 e. The summed E-state index contributed by atoms with van der Waals surface area (Å²) in [4.78, 5) is 12.2. The van der Waals surface area contributed by atoms with Crippen LogP contribution >= 0.6 is 22.6 Å². The van der Waals surface area contributed by atoms with Gasteiger partial charge in [-0.25, -0.2) is 8.78 Å². The zero-order valence-corrected chi connectivity index (χ0v) is 12.4. The first-order chi connectivity index (χ1) is 9.00. The molecule has 0 aromatic heterocycles.